The predicted octanol–water partition coefficient (Wildman–Crippen LogP) is 0.0540. The minimum atomic E-state index is -3.81. The summed E-state index contributed by atoms with van der Waals surface area (Å²) >= 11 is 0. The molecule has 0 aromatic heterocycles. The molecule has 0 saturated heterocycles. The van der Waals surface area contributed by atoms with Gasteiger partial charge in [0.2, 0.25) is 20.0 Å². The van der Waals surface area contributed by atoms with Crippen molar-refractivity contribution in [2.24, 2.45) is 0 Å². The van der Waals surface area contributed by atoms with E-state index >= 15 is 0 Å². The van der Waals surface area contributed by atoms with Crippen molar-refractivity contribution in [3.05, 3.63) is 0 Å². The summed E-state index contributed by atoms with van der Waals surface area (Å²) in [5.41, 5.74) is 0. The van der Waals surface area contributed by atoms with Gasteiger partial charge in [-0.15, -0.1) is 4.13 Å². The van der Waals surface area contributed by atoms with Crippen LogP contribution in [0.1, 0.15) is 27.7 Å². The van der Waals surface area contributed by atoms with Gasteiger partial charge in [-0.05, 0) is 27.7 Å². The van der Waals surface area contributed by atoms with E-state index in [1.165, 1.54) is 27.7 Å². The zero-order valence-electron chi connectivity index (χ0n) is 8.16. The van der Waals surface area contributed by atoms with Gasteiger partial charge in [-0.2, -0.15) is 0 Å². The smallest absolute Gasteiger partial charge is 0.211 e. The molecule has 0 aromatic carbocycles. The SMILES string of the molecule is CCS(=O)(=O)NS(=O)(=O)C(C)(C)C. The number of rotatable bonds is 3. The molecule has 0 rings (SSSR count). The van der Waals surface area contributed by atoms with Gasteiger partial charge in [-0.3, -0.25) is 0 Å². The zero-order chi connectivity index (χ0) is 10.9. The lowest BCUT2D eigenvalue weighted by molar-refractivity contribution is 0.550. The van der Waals surface area contributed by atoms with Gasteiger partial charge in [0.15, 0.2) is 0 Å². The standard InChI is InChI=1S/C6H15NO4S2/c1-5-12(8,9)7-13(10,11)6(2,3)4/h7H,5H2,1-4H3. The van der Waals surface area contributed by atoms with Crippen LogP contribution in [0.25, 0.3) is 0 Å². The van der Waals surface area contributed by atoms with E-state index in [0.29, 0.717) is 0 Å². The molecule has 13 heavy (non-hydrogen) atoms. The molecule has 1 N–H and O–H groups in total. The largest absolute Gasteiger partial charge is 0.229 e. The molecule has 0 unspecified atom stereocenters. The summed E-state index contributed by atoms with van der Waals surface area (Å²) in [7, 11) is -7.50. The van der Waals surface area contributed by atoms with Gasteiger partial charge in [0.05, 0.1) is 10.5 Å². The Morgan fingerprint density at radius 3 is 1.69 bits per heavy atom. The topological polar surface area (TPSA) is 80.3 Å². The van der Waals surface area contributed by atoms with E-state index in [0.717, 1.165) is 0 Å². The van der Waals surface area contributed by atoms with Crippen LogP contribution in [0.4, 0.5) is 0 Å². The normalized spacial score (nSPS) is 14.5. The van der Waals surface area contributed by atoms with Crippen molar-refractivity contribution in [3.63, 3.8) is 0 Å². The van der Waals surface area contributed by atoms with Crippen LogP contribution in [0.2, 0.25) is 0 Å². The van der Waals surface area contributed by atoms with Crippen LogP contribution in [0.5, 0.6) is 0 Å². The summed E-state index contributed by atoms with van der Waals surface area (Å²) in [5.74, 6) is -0.248. The maximum Gasteiger partial charge on any atom is 0.229 e. The maximum absolute atomic E-state index is 11.3. The molecule has 7 heteroatoms. The first-order valence-corrected chi connectivity index (χ1v) is 6.91. The van der Waals surface area contributed by atoms with Crippen LogP contribution in [0.15, 0.2) is 0 Å². The van der Waals surface area contributed by atoms with Crippen LogP contribution in [-0.4, -0.2) is 27.3 Å². The first kappa shape index (κ1) is 12.9. The summed E-state index contributed by atoms with van der Waals surface area (Å²) in [6.07, 6.45) is 0. The molecular weight excluding hydrogens is 214 g/mol. The summed E-state index contributed by atoms with van der Waals surface area (Å²) < 4.78 is 45.2. The monoisotopic (exact) mass is 229 g/mol. The maximum atomic E-state index is 11.3. The van der Waals surface area contributed by atoms with E-state index in [4.69, 9.17) is 0 Å². The van der Waals surface area contributed by atoms with Crippen molar-refractivity contribution in [2.45, 2.75) is 32.4 Å². The Morgan fingerprint density at radius 2 is 1.46 bits per heavy atom. The fourth-order valence-corrected chi connectivity index (χ4v) is 3.16. The number of sulfonamides is 2. The minimum absolute atomic E-state index is 0.248. The molecule has 5 nitrogen and oxygen atoms in total. The molecule has 0 heterocycles. The van der Waals surface area contributed by atoms with E-state index in [9.17, 15) is 16.8 Å². The Balaban J connectivity index is 4.97. The lowest BCUT2D eigenvalue weighted by Gasteiger charge is -2.18. The van der Waals surface area contributed by atoms with Gasteiger partial charge >= 0.3 is 0 Å². The Labute approximate surface area is 79.6 Å². The van der Waals surface area contributed by atoms with Gasteiger partial charge < -0.3 is 0 Å². The number of hydrogen-bond acceptors (Lipinski definition) is 4. The van der Waals surface area contributed by atoms with Gasteiger partial charge in [0.25, 0.3) is 0 Å². The molecule has 0 atom stereocenters. The first-order valence-electron chi connectivity index (χ1n) is 3.77. The highest BCUT2D eigenvalue weighted by atomic mass is 32.3. The van der Waals surface area contributed by atoms with Crippen LogP contribution in [-0.2, 0) is 20.0 Å². The summed E-state index contributed by atoms with van der Waals surface area (Å²) in [5, 5.41) is 0. The van der Waals surface area contributed by atoms with Crippen molar-refractivity contribution < 1.29 is 16.8 Å². The van der Waals surface area contributed by atoms with Crippen LogP contribution >= 0.6 is 0 Å². The Bertz CT molecular complexity index is 360. The molecule has 0 saturated carbocycles. The quantitative estimate of drug-likeness (QED) is 0.741. The third-order valence-corrected chi connectivity index (χ3v) is 5.69. The molecular formula is C6H15NO4S2. The predicted molar refractivity (Wildman–Crippen MR) is 51.3 cm³/mol. The van der Waals surface area contributed by atoms with Crippen molar-refractivity contribution >= 4 is 20.0 Å². The number of nitrogens with one attached hydrogen (secondary N) is 1. The van der Waals surface area contributed by atoms with E-state index in [1.54, 1.807) is 4.13 Å². The molecule has 0 spiro atoms. The second-order valence-electron chi connectivity index (χ2n) is 3.60. The molecule has 0 radical (unpaired) electrons. The fraction of sp³-hybridized carbons (Fsp3) is 1.00. The van der Waals surface area contributed by atoms with Gasteiger partial charge in [-0.1, -0.05) is 0 Å². The molecule has 0 amide bonds. The van der Waals surface area contributed by atoms with Gasteiger partial charge in [-0.25, -0.2) is 16.8 Å². The van der Waals surface area contributed by atoms with Crippen molar-refractivity contribution in [1.82, 2.24) is 4.13 Å². The van der Waals surface area contributed by atoms with Crippen LogP contribution < -0.4 is 4.13 Å². The zero-order valence-corrected chi connectivity index (χ0v) is 9.79. The van der Waals surface area contributed by atoms with E-state index in [1.807, 2.05) is 0 Å². The second-order valence-corrected chi connectivity index (χ2v) is 8.31. The highest BCUT2D eigenvalue weighted by Crippen LogP contribution is 2.13. The van der Waals surface area contributed by atoms with Crippen LogP contribution in [0.3, 0.4) is 0 Å². The van der Waals surface area contributed by atoms with Crippen molar-refractivity contribution in [2.75, 3.05) is 5.75 Å². The van der Waals surface area contributed by atoms with E-state index in [2.05, 4.69) is 0 Å². The Kier molecular flexibility index (Phi) is 3.51. The minimum Gasteiger partial charge on any atom is -0.211 e. The molecule has 0 aliphatic rings. The molecule has 0 fully saturated rings. The van der Waals surface area contributed by atoms with E-state index in [-0.39, 0.29) is 5.75 Å². The third kappa shape index (κ3) is 3.61. The molecule has 0 bridgehead atoms. The summed E-state index contributed by atoms with van der Waals surface area (Å²) in [6.45, 7) is 5.67. The van der Waals surface area contributed by atoms with Crippen molar-refractivity contribution in [1.29, 1.82) is 0 Å². The first-order chi connectivity index (χ1) is 5.52. The lowest BCUT2D eigenvalue weighted by atomic mass is 10.3. The summed E-state index contributed by atoms with van der Waals surface area (Å²) in [6, 6.07) is 0. The average molecular weight is 229 g/mol. The van der Waals surface area contributed by atoms with Gasteiger partial charge in [0.1, 0.15) is 0 Å². The average Bonchev–Trinajstić information content (AvgIpc) is 1.83. The molecule has 0 aliphatic carbocycles. The Hall–Kier alpha value is -0.140. The van der Waals surface area contributed by atoms with Crippen molar-refractivity contribution in [3.8, 4) is 0 Å². The molecule has 0 aromatic rings. The summed E-state index contributed by atoms with van der Waals surface area (Å²) in [4.78, 5) is 0. The Morgan fingerprint density at radius 1 is 1.08 bits per heavy atom. The molecule has 80 valence electrons. The highest BCUT2D eigenvalue weighted by molar-refractivity contribution is 8.05. The second kappa shape index (κ2) is 3.55. The molecule has 0 aliphatic heterocycles. The van der Waals surface area contributed by atoms with E-state index < -0.39 is 24.8 Å². The third-order valence-electron chi connectivity index (χ3n) is 1.42. The fourth-order valence-electron chi connectivity index (χ4n) is 0.351. The van der Waals surface area contributed by atoms with Gasteiger partial charge in [0, 0.05) is 0 Å². The van der Waals surface area contributed by atoms with Crippen LogP contribution in [0, 0.1) is 0 Å². The lowest BCUT2D eigenvalue weighted by Crippen LogP contribution is -2.42. The highest BCUT2D eigenvalue weighted by Gasteiger charge is 2.32. The number of hydrogen-bond donors (Lipinski definition) is 1.